The summed E-state index contributed by atoms with van der Waals surface area (Å²) in [7, 11) is 0. The maximum atomic E-state index is 11.7. The first kappa shape index (κ1) is 11.7. The number of hydrogen-bond donors (Lipinski definition) is 1. The molecule has 0 aromatic carbocycles. The fraction of sp³-hybridized carbons (Fsp3) is 0.533. The van der Waals surface area contributed by atoms with Crippen molar-refractivity contribution >= 4 is 5.97 Å². The van der Waals surface area contributed by atoms with Crippen molar-refractivity contribution in [2.45, 2.75) is 37.4 Å². The number of carbonyl (C=O) groups is 1. The zero-order valence-electron chi connectivity index (χ0n) is 10.4. The molecule has 3 rings (SSSR count). The Kier molecular flexibility index (Phi) is 2.33. The SMILES string of the molecule is C=C1CC[C@H]2C(=C)CC[C@@]3(O)C(=C)C(=O)OC3[C@@H]12. The summed E-state index contributed by atoms with van der Waals surface area (Å²) in [6.07, 6.45) is 2.60. The normalized spacial score (nSPS) is 43.5. The molecule has 0 aromatic rings. The summed E-state index contributed by atoms with van der Waals surface area (Å²) in [5.74, 6) is -0.170. The van der Waals surface area contributed by atoms with Gasteiger partial charge in [0.2, 0.25) is 0 Å². The van der Waals surface area contributed by atoms with Crippen LogP contribution in [-0.4, -0.2) is 22.8 Å². The molecule has 3 fully saturated rings. The molecule has 3 heteroatoms. The van der Waals surface area contributed by atoms with E-state index in [1.54, 1.807) is 0 Å². The number of carbonyl (C=O) groups excluding carboxylic acids is 1. The summed E-state index contributed by atoms with van der Waals surface area (Å²) in [5.41, 5.74) is 1.17. The molecule has 18 heavy (non-hydrogen) atoms. The second-order valence-electron chi connectivity index (χ2n) is 5.72. The highest BCUT2D eigenvalue weighted by Crippen LogP contribution is 2.53. The van der Waals surface area contributed by atoms with E-state index in [0.717, 1.165) is 30.4 Å². The van der Waals surface area contributed by atoms with Gasteiger partial charge < -0.3 is 9.84 Å². The summed E-state index contributed by atoms with van der Waals surface area (Å²) < 4.78 is 5.40. The maximum absolute atomic E-state index is 11.7. The van der Waals surface area contributed by atoms with Crippen LogP contribution < -0.4 is 0 Å². The van der Waals surface area contributed by atoms with Gasteiger partial charge in [0, 0.05) is 5.92 Å². The molecule has 2 aliphatic carbocycles. The molecule has 3 aliphatic rings. The summed E-state index contributed by atoms with van der Waals surface area (Å²) >= 11 is 0. The molecule has 1 unspecified atom stereocenters. The third kappa shape index (κ3) is 1.31. The van der Waals surface area contributed by atoms with Gasteiger partial charge in [-0.3, -0.25) is 0 Å². The Labute approximate surface area is 107 Å². The van der Waals surface area contributed by atoms with Crippen molar-refractivity contribution in [3.05, 3.63) is 36.5 Å². The Morgan fingerprint density at radius 3 is 2.67 bits per heavy atom. The first-order valence-corrected chi connectivity index (χ1v) is 6.43. The minimum Gasteiger partial charge on any atom is -0.455 e. The summed E-state index contributed by atoms with van der Waals surface area (Å²) in [6, 6.07) is 0. The van der Waals surface area contributed by atoms with Crippen molar-refractivity contribution in [3.63, 3.8) is 0 Å². The molecule has 0 amide bonds. The summed E-state index contributed by atoms with van der Waals surface area (Å²) in [6.45, 7) is 11.9. The van der Waals surface area contributed by atoms with E-state index in [-0.39, 0.29) is 17.4 Å². The number of ether oxygens (including phenoxy) is 1. The number of esters is 1. The number of fused-ring (bicyclic) bond motifs is 3. The van der Waals surface area contributed by atoms with Crippen LogP contribution in [0.15, 0.2) is 36.5 Å². The van der Waals surface area contributed by atoms with Crippen molar-refractivity contribution in [1.82, 2.24) is 0 Å². The van der Waals surface area contributed by atoms with Crippen LogP contribution in [0.3, 0.4) is 0 Å². The molecule has 1 N–H and O–H groups in total. The van der Waals surface area contributed by atoms with Crippen LogP contribution in [0.25, 0.3) is 0 Å². The summed E-state index contributed by atoms with van der Waals surface area (Å²) in [4.78, 5) is 11.7. The summed E-state index contributed by atoms with van der Waals surface area (Å²) in [5, 5.41) is 10.8. The average molecular weight is 246 g/mol. The van der Waals surface area contributed by atoms with E-state index in [4.69, 9.17) is 4.74 Å². The molecular formula is C15H18O3. The Balaban J connectivity index is 2.08. The molecule has 0 bridgehead atoms. The Hall–Kier alpha value is -1.35. The smallest absolute Gasteiger partial charge is 0.336 e. The highest BCUT2D eigenvalue weighted by atomic mass is 16.6. The molecule has 4 atom stereocenters. The van der Waals surface area contributed by atoms with Gasteiger partial charge in [0.25, 0.3) is 0 Å². The molecule has 0 spiro atoms. The van der Waals surface area contributed by atoms with E-state index in [1.807, 2.05) is 0 Å². The van der Waals surface area contributed by atoms with Gasteiger partial charge in [-0.05, 0) is 31.6 Å². The lowest BCUT2D eigenvalue weighted by Gasteiger charge is -2.31. The monoisotopic (exact) mass is 246 g/mol. The second-order valence-corrected chi connectivity index (χ2v) is 5.72. The predicted molar refractivity (Wildman–Crippen MR) is 67.7 cm³/mol. The predicted octanol–water partition coefficient (Wildman–Crippen LogP) is 2.13. The molecule has 0 radical (unpaired) electrons. The largest absolute Gasteiger partial charge is 0.455 e. The van der Waals surface area contributed by atoms with E-state index in [2.05, 4.69) is 19.7 Å². The number of allylic oxidation sites excluding steroid dienone is 1. The van der Waals surface area contributed by atoms with Gasteiger partial charge in [-0.15, -0.1) is 0 Å². The van der Waals surface area contributed by atoms with Crippen LogP contribution in [0.1, 0.15) is 25.7 Å². The molecular weight excluding hydrogens is 228 g/mol. The van der Waals surface area contributed by atoms with Crippen LogP contribution in [-0.2, 0) is 9.53 Å². The lowest BCUT2D eigenvalue weighted by atomic mass is 9.79. The van der Waals surface area contributed by atoms with Crippen molar-refractivity contribution in [1.29, 1.82) is 0 Å². The second kappa shape index (κ2) is 3.58. The topological polar surface area (TPSA) is 46.5 Å². The van der Waals surface area contributed by atoms with E-state index >= 15 is 0 Å². The van der Waals surface area contributed by atoms with Crippen LogP contribution in [0.4, 0.5) is 0 Å². The molecule has 2 saturated carbocycles. The van der Waals surface area contributed by atoms with Gasteiger partial charge in [0.05, 0.1) is 5.57 Å². The molecule has 0 aromatic heterocycles. The molecule has 1 saturated heterocycles. The number of rotatable bonds is 0. The van der Waals surface area contributed by atoms with Crippen molar-refractivity contribution in [2.75, 3.05) is 0 Å². The zero-order valence-corrected chi connectivity index (χ0v) is 10.4. The van der Waals surface area contributed by atoms with E-state index < -0.39 is 17.7 Å². The fourth-order valence-electron chi connectivity index (χ4n) is 3.69. The van der Waals surface area contributed by atoms with Gasteiger partial charge in [-0.1, -0.05) is 30.9 Å². The Bertz CT molecular complexity index is 476. The van der Waals surface area contributed by atoms with Crippen LogP contribution in [0.2, 0.25) is 0 Å². The van der Waals surface area contributed by atoms with Crippen LogP contribution in [0.5, 0.6) is 0 Å². The lowest BCUT2D eigenvalue weighted by Crippen LogP contribution is -2.43. The third-order valence-corrected chi connectivity index (χ3v) is 4.83. The van der Waals surface area contributed by atoms with Crippen molar-refractivity contribution < 1.29 is 14.6 Å². The van der Waals surface area contributed by atoms with E-state index in [9.17, 15) is 9.90 Å². The maximum Gasteiger partial charge on any atom is 0.336 e. The van der Waals surface area contributed by atoms with Gasteiger partial charge in [-0.25, -0.2) is 4.79 Å². The highest BCUT2D eigenvalue weighted by Gasteiger charge is 2.58. The molecule has 1 heterocycles. The van der Waals surface area contributed by atoms with Gasteiger partial charge in [0.1, 0.15) is 11.7 Å². The molecule has 1 aliphatic heterocycles. The van der Waals surface area contributed by atoms with E-state index in [0.29, 0.717) is 6.42 Å². The van der Waals surface area contributed by atoms with E-state index in [1.165, 1.54) is 0 Å². The van der Waals surface area contributed by atoms with Gasteiger partial charge >= 0.3 is 5.97 Å². The van der Waals surface area contributed by atoms with Crippen molar-refractivity contribution in [2.24, 2.45) is 11.8 Å². The average Bonchev–Trinajstić information content (AvgIpc) is 2.77. The first-order chi connectivity index (χ1) is 8.45. The highest BCUT2D eigenvalue weighted by molar-refractivity contribution is 5.93. The molecule has 96 valence electrons. The Morgan fingerprint density at radius 1 is 1.22 bits per heavy atom. The molecule has 3 nitrogen and oxygen atoms in total. The van der Waals surface area contributed by atoms with Crippen LogP contribution in [0, 0.1) is 11.8 Å². The Morgan fingerprint density at radius 2 is 1.94 bits per heavy atom. The quantitative estimate of drug-likeness (QED) is 0.404. The first-order valence-electron chi connectivity index (χ1n) is 6.43. The third-order valence-electron chi connectivity index (χ3n) is 4.83. The zero-order chi connectivity index (χ0) is 13.1. The van der Waals surface area contributed by atoms with Crippen LogP contribution >= 0.6 is 0 Å². The van der Waals surface area contributed by atoms with Gasteiger partial charge in [-0.2, -0.15) is 0 Å². The number of aliphatic hydroxyl groups is 1. The van der Waals surface area contributed by atoms with Crippen molar-refractivity contribution in [3.8, 4) is 0 Å². The standard InChI is InChI=1S/C15H18O3/c1-8-6-7-15(17)10(3)14(16)18-13(15)12-9(2)4-5-11(8)12/h11-13,17H,1-7H2/t11-,12-,13?,15+/m0/s1. The van der Waals surface area contributed by atoms with Gasteiger partial charge in [0.15, 0.2) is 0 Å². The lowest BCUT2D eigenvalue weighted by molar-refractivity contribution is -0.144. The minimum absolute atomic E-state index is 0.00759. The number of hydrogen-bond acceptors (Lipinski definition) is 3. The fourth-order valence-corrected chi connectivity index (χ4v) is 3.69. The minimum atomic E-state index is -1.23.